The van der Waals surface area contributed by atoms with E-state index in [-0.39, 0.29) is 0 Å². The van der Waals surface area contributed by atoms with Crippen LogP contribution in [0.2, 0.25) is 0 Å². The second-order valence-electron chi connectivity index (χ2n) is 4.59. The molecule has 2 aliphatic heterocycles. The number of carboxylic acids is 1. The highest BCUT2D eigenvalue weighted by atomic mass is 32.2. The highest BCUT2D eigenvalue weighted by Crippen LogP contribution is 2.27. The third-order valence-electron chi connectivity index (χ3n) is 3.53. The van der Waals surface area contributed by atoms with Crippen LogP contribution in [0.5, 0.6) is 0 Å². The zero-order chi connectivity index (χ0) is 10.7. The maximum absolute atomic E-state index is 10.6. The van der Waals surface area contributed by atoms with Gasteiger partial charge >= 0.3 is 5.97 Å². The lowest BCUT2D eigenvalue weighted by atomic mass is 9.93. The molecule has 0 amide bonds. The fourth-order valence-corrected chi connectivity index (χ4v) is 3.83. The third kappa shape index (κ3) is 3.11. The molecule has 0 unspecified atom stereocenters. The van der Waals surface area contributed by atoms with Gasteiger partial charge in [0.05, 0.1) is 0 Å². The molecular weight excluding hydrogens is 210 g/mol. The van der Waals surface area contributed by atoms with Crippen LogP contribution in [0.3, 0.4) is 0 Å². The SMILES string of the molecule is O=C(O)CC1CCN([C@H]2CCSC2)CC1. The molecule has 15 heavy (non-hydrogen) atoms. The number of carbonyl (C=O) groups is 1. The van der Waals surface area contributed by atoms with E-state index in [4.69, 9.17) is 5.11 Å². The van der Waals surface area contributed by atoms with Crippen LogP contribution in [-0.2, 0) is 4.79 Å². The van der Waals surface area contributed by atoms with Crippen LogP contribution >= 0.6 is 11.8 Å². The molecule has 2 aliphatic rings. The van der Waals surface area contributed by atoms with Crippen LogP contribution in [0.25, 0.3) is 0 Å². The minimum absolute atomic E-state index is 0.368. The smallest absolute Gasteiger partial charge is 0.303 e. The number of carboxylic acid groups (broad SMARTS) is 1. The third-order valence-corrected chi connectivity index (χ3v) is 4.68. The fourth-order valence-electron chi connectivity index (χ4n) is 2.58. The van der Waals surface area contributed by atoms with E-state index in [1.165, 1.54) is 17.9 Å². The predicted molar refractivity (Wildman–Crippen MR) is 62.3 cm³/mol. The average molecular weight is 229 g/mol. The van der Waals surface area contributed by atoms with Crippen molar-refractivity contribution in [3.8, 4) is 0 Å². The van der Waals surface area contributed by atoms with Crippen molar-refractivity contribution in [3.63, 3.8) is 0 Å². The summed E-state index contributed by atoms with van der Waals surface area (Å²) in [6, 6.07) is 0.778. The first-order valence-electron chi connectivity index (χ1n) is 5.79. The number of thioether (sulfide) groups is 1. The first kappa shape index (κ1) is 11.3. The maximum atomic E-state index is 10.6. The van der Waals surface area contributed by atoms with Gasteiger partial charge < -0.3 is 5.11 Å². The lowest BCUT2D eigenvalue weighted by Crippen LogP contribution is -2.41. The summed E-state index contributed by atoms with van der Waals surface area (Å²) in [7, 11) is 0. The Bertz CT molecular complexity index is 221. The minimum Gasteiger partial charge on any atom is -0.481 e. The molecule has 1 atom stereocenters. The summed E-state index contributed by atoms with van der Waals surface area (Å²) in [5.41, 5.74) is 0. The summed E-state index contributed by atoms with van der Waals surface area (Å²) in [5.74, 6) is 2.38. The lowest BCUT2D eigenvalue weighted by Gasteiger charge is -2.35. The lowest BCUT2D eigenvalue weighted by molar-refractivity contribution is -0.138. The molecule has 4 heteroatoms. The molecule has 0 saturated carbocycles. The average Bonchev–Trinajstić information content (AvgIpc) is 2.71. The monoisotopic (exact) mass is 229 g/mol. The summed E-state index contributed by atoms with van der Waals surface area (Å²) in [6.07, 6.45) is 3.85. The van der Waals surface area contributed by atoms with E-state index in [1.54, 1.807) is 0 Å². The summed E-state index contributed by atoms with van der Waals surface area (Å²) in [4.78, 5) is 13.2. The van der Waals surface area contributed by atoms with Crippen molar-refractivity contribution in [1.29, 1.82) is 0 Å². The highest BCUT2D eigenvalue weighted by Gasteiger charge is 2.27. The van der Waals surface area contributed by atoms with Gasteiger partial charge in [0.15, 0.2) is 0 Å². The van der Waals surface area contributed by atoms with E-state index in [1.807, 2.05) is 0 Å². The van der Waals surface area contributed by atoms with Crippen molar-refractivity contribution in [2.45, 2.75) is 31.7 Å². The van der Waals surface area contributed by atoms with Gasteiger partial charge in [-0.1, -0.05) is 0 Å². The Balaban J connectivity index is 1.73. The Kier molecular flexibility index (Phi) is 3.92. The van der Waals surface area contributed by atoms with Crippen LogP contribution < -0.4 is 0 Å². The molecule has 1 N–H and O–H groups in total. The van der Waals surface area contributed by atoms with Gasteiger partial charge in [0.25, 0.3) is 0 Å². The first-order valence-corrected chi connectivity index (χ1v) is 6.95. The Hall–Kier alpha value is -0.220. The Morgan fingerprint density at radius 2 is 2.07 bits per heavy atom. The molecule has 0 aliphatic carbocycles. The normalized spacial score (nSPS) is 29.5. The quantitative estimate of drug-likeness (QED) is 0.799. The van der Waals surface area contributed by atoms with Crippen LogP contribution in [0.15, 0.2) is 0 Å². The second kappa shape index (κ2) is 5.21. The Morgan fingerprint density at radius 1 is 1.33 bits per heavy atom. The summed E-state index contributed by atoms with van der Waals surface area (Å²) in [6.45, 7) is 2.23. The number of hydrogen-bond acceptors (Lipinski definition) is 3. The number of nitrogens with zero attached hydrogens (tertiary/aromatic N) is 1. The molecule has 0 radical (unpaired) electrons. The minimum atomic E-state index is -0.634. The van der Waals surface area contributed by atoms with E-state index in [0.717, 1.165) is 32.0 Å². The number of rotatable bonds is 3. The van der Waals surface area contributed by atoms with Crippen molar-refractivity contribution < 1.29 is 9.90 Å². The van der Waals surface area contributed by atoms with Gasteiger partial charge in [0.1, 0.15) is 0 Å². The predicted octanol–water partition coefficient (Wildman–Crippen LogP) is 1.68. The van der Waals surface area contributed by atoms with Crippen LogP contribution in [0.1, 0.15) is 25.7 Å². The van der Waals surface area contributed by atoms with Crippen LogP contribution in [-0.4, -0.2) is 46.6 Å². The molecule has 0 bridgehead atoms. The van der Waals surface area contributed by atoms with Crippen LogP contribution in [0, 0.1) is 5.92 Å². The second-order valence-corrected chi connectivity index (χ2v) is 5.74. The summed E-state index contributed by atoms with van der Waals surface area (Å²) < 4.78 is 0. The van der Waals surface area contributed by atoms with Gasteiger partial charge in [-0.2, -0.15) is 11.8 Å². The largest absolute Gasteiger partial charge is 0.481 e. The first-order chi connectivity index (χ1) is 7.25. The van der Waals surface area contributed by atoms with E-state index >= 15 is 0 Å². The molecule has 2 rings (SSSR count). The van der Waals surface area contributed by atoms with Crippen molar-refractivity contribution in [1.82, 2.24) is 4.90 Å². The Morgan fingerprint density at radius 3 is 2.60 bits per heavy atom. The molecule has 86 valence electrons. The van der Waals surface area contributed by atoms with Gasteiger partial charge in [-0.25, -0.2) is 0 Å². The van der Waals surface area contributed by atoms with Gasteiger partial charge in [0.2, 0.25) is 0 Å². The molecule has 2 fully saturated rings. The van der Waals surface area contributed by atoms with Crippen LogP contribution in [0.4, 0.5) is 0 Å². The molecule has 3 nitrogen and oxygen atoms in total. The summed E-state index contributed by atoms with van der Waals surface area (Å²) in [5, 5.41) is 8.73. The van der Waals surface area contributed by atoms with Crippen molar-refractivity contribution in [2.24, 2.45) is 5.92 Å². The van der Waals surface area contributed by atoms with E-state index in [0.29, 0.717) is 12.3 Å². The maximum Gasteiger partial charge on any atom is 0.303 e. The highest BCUT2D eigenvalue weighted by molar-refractivity contribution is 7.99. The zero-order valence-corrected chi connectivity index (χ0v) is 9.84. The zero-order valence-electron chi connectivity index (χ0n) is 9.02. The van der Waals surface area contributed by atoms with Crippen molar-refractivity contribution in [3.05, 3.63) is 0 Å². The topological polar surface area (TPSA) is 40.5 Å². The van der Waals surface area contributed by atoms with Crippen molar-refractivity contribution >= 4 is 17.7 Å². The number of likely N-dealkylation sites (tertiary alicyclic amines) is 1. The molecule has 0 aromatic carbocycles. The number of aliphatic carboxylic acids is 1. The summed E-state index contributed by atoms with van der Waals surface area (Å²) >= 11 is 2.05. The molecular formula is C11H19NO2S. The van der Waals surface area contributed by atoms with Gasteiger partial charge in [-0.3, -0.25) is 9.69 Å². The molecule has 2 heterocycles. The molecule has 0 aromatic heterocycles. The van der Waals surface area contributed by atoms with E-state index < -0.39 is 5.97 Å². The number of hydrogen-bond donors (Lipinski definition) is 1. The van der Waals surface area contributed by atoms with Gasteiger partial charge in [0, 0.05) is 18.2 Å². The van der Waals surface area contributed by atoms with Gasteiger partial charge in [-0.05, 0) is 44.0 Å². The molecule has 0 spiro atoms. The van der Waals surface area contributed by atoms with Crippen molar-refractivity contribution in [2.75, 3.05) is 24.6 Å². The standard InChI is InChI=1S/C11H19NO2S/c13-11(14)7-9-1-4-12(5-2-9)10-3-6-15-8-10/h9-10H,1-8H2,(H,13,14)/t10-/m0/s1. The number of piperidine rings is 1. The molecule has 0 aromatic rings. The van der Waals surface area contributed by atoms with E-state index in [9.17, 15) is 4.79 Å². The fraction of sp³-hybridized carbons (Fsp3) is 0.909. The molecule has 2 saturated heterocycles. The van der Waals surface area contributed by atoms with Gasteiger partial charge in [-0.15, -0.1) is 0 Å². The Labute approximate surface area is 95.2 Å². The van der Waals surface area contributed by atoms with E-state index in [2.05, 4.69) is 16.7 Å².